The van der Waals surface area contributed by atoms with Crippen molar-refractivity contribution in [3.63, 3.8) is 0 Å². The van der Waals surface area contributed by atoms with Gasteiger partial charge in [-0.15, -0.1) is 0 Å². The average molecular weight is 295 g/mol. The van der Waals surface area contributed by atoms with Gasteiger partial charge in [0.2, 0.25) is 0 Å². The highest BCUT2D eigenvalue weighted by molar-refractivity contribution is 6.09. The molecule has 112 valence electrons. The Morgan fingerprint density at radius 3 is 2.86 bits per heavy atom. The molecule has 0 atom stereocenters. The van der Waals surface area contributed by atoms with Crippen LogP contribution in [0.5, 0.6) is 0 Å². The molecule has 1 aromatic carbocycles. The lowest BCUT2D eigenvalue weighted by atomic mass is 9.97. The number of H-pyrrole nitrogens is 1. The molecule has 5 heteroatoms. The Morgan fingerprint density at radius 1 is 1.36 bits per heavy atom. The van der Waals surface area contributed by atoms with Crippen molar-refractivity contribution in [2.45, 2.75) is 13.5 Å². The van der Waals surface area contributed by atoms with Gasteiger partial charge < -0.3 is 15.5 Å². The molecule has 0 aliphatic heterocycles. The van der Waals surface area contributed by atoms with Gasteiger partial charge in [-0.05, 0) is 35.2 Å². The van der Waals surface area contributed by atoms with Gasteiger partial charge in [-0.25, -0.2) is 9.78 Å². The van der Waals surface area contributed by atoms with E-state index in [1.54, 1.807) is 12.4 Å². The monoisotopic (exact) mass is 295 g/mol. The third-order valence-electron chi connectivity index (χ3n) is 3.85. The number of carbonyl (C=O) groups is 1. The Kier molecular flexibility index (Phi) is 3.65. The van der Waals surface area contributed by atoms with Gasteiger partial charge in [-0.2, -0.15) is 0 Å². The minimum absolute atomic E-state index is 0.379. The molecule has 0 spiro atoms. The average Bonchev–Trinajstić information content (AvgIpc) is 2.98. The molecule has 0 saturated carbocycles. The number of hydrogen-bond donors (Lipinski definition) is 2. The fourth-order valence-electron chi connectivity index (χ4n) is 2.66. The molecule has 2 aromatic heterocycles. The van der Waals surface area contributed by atoms with Crippen LogP contribution in [0.15, 0.2) is 36.7 Å². The summed E-state index contributed by atoms with van der Waals surface area (Å²) in [6.07, 6.45) is 3.36. The van der Waals surface area contributed by atoms with Crippen LogP contribution in [-0.2, 0) is 11.3 Å². The zero-order valence-electron chi connectivity index (χ0n) is 12.5. The molecule has 0 aliphatic rings. The summed E-state index contributed by atoms with van der Waals surface area (Å²) in [5.41, 5.74) is 11.1. The van der Waals surface area contributed by atoms with E-state index in [-0.39, 0.29) is 5.97 Å². The van der Waals surface area contributed by atoms with Crippen LogP contribution >= 0.6 is 0 Å². The number of hydrogen-bond acceptors (Lipinski definition) is 4. The van der Waals surface area contributed by atoms with Gasteiger partial charge in [-0.3, -0.25) is 0 Å². The topological polar surface area (TPSA) is 81.0 Å². The Labute approximate surface area is 128 Å². The van der Waals surface area contributed by atoms with Crippen LogP contribution in [-0.4, -0.2) is 23.0 Å². The first-order valence-electron chi connectivity index (χ1n) is 7.00. The number of nitrogens with zero attached hydrogens (tertiary/aromatic N) is 1. The van der Waals surface area contributed by atoms with Crippen molar-refractivity contribution in [2.75, 3.05) is 7.11 Å². The number of rotatable bonds is 3. The van der Waals surface area contributed by atoms with E-state index in [4.69, 9.17) is 10.5 Å². The maximum atomic E-state index is 12.0. The number of aryl methyl sites for hydroxylation is 1. The number of nitrogens with one attached hydrogen (secondary N) is 1. The first kappa shape index (κ1) is 14.3. The summed E-state index contributed by atoms with van der Waals surface area (Å²) < 4.78 is 4.85. The van der Waals surface area contributed by atoms with Crippen LogP contribution in [0.4, 0.5) is 0 Å². The van der Waals surface area contributed by atoms with E-state index >= 15 is 0 Å². The predicted octanol–water partition coefficient (Wildman–Crippen LogP) is 2.78. The molecule has 22 heavy (non-hydrogen) atoms. The van der Waals surface area contributed by atoms with Crippen molar-refractivity contribution in [1.29, 1.82) is 0 Å². The molecule has 0 amide bonds. The molecule has 2 heterocycles. The van der Waals surface area contributed by atoms with Gasteiger partial charge in [0.1, 0.15) is 5.65 Å². The normalized spacial score (nSPS) is 10.9. The number of carbonyl (C=O) groups excluding carboxylic acids is 1. The van der Waals surface area contributed by atoms with Crippen LogP contribution in [0.2, 0.25) is 0 Å². The first-order chi connectivity index (χ1) is 10.7. The molecular weight excluding hydrogens is 278 g/mol. The largest absolute Gasteiger partial charge is 0.465 e. The third kappa shape index (κ3) is 2.25. The predicted molar refractivity (Wildman–Crippen MR) is 85.5 cm³/mol. The Morgan fingerprint density at radius 2 is 2.18 bits per heavy atom. The highest BCUT2D eigenvalue weighted by atomic mass is 16.5. The Bertz CT molecular complexity index is 852. The SMILES string of the molecule is COC(=O)c1c[nH]c2nccc(-c3ccc(CN)c(C)c3)c12. The standard InChI is InChI=1S/C17H17N3O2/c1-10-7-11(3-4-12(10)8-18)13-5-6-19-16-15(13)14(9-20-16)17(21)22-2/h3-7,9H,8,18H2,1-2H3,(H,19,20). The molecular formula is C17H17N3O2. The Balaban J connectivity index is 2.24. The van der Waals surface area contributed by atoms with Crippen molar-refractivity contribution >= 4 is 17.0 Å². The van der Waals surface area contributed by atoms with Gasteiger partial charge in [0.25, 0.3) is 0 Å². The minimum atomic E-state index is -0.379. The highest BCUT2D eigenvalue weighted by Gasteiger charge is 2.17. The van der Waals surface area contributed by atoms with E-state index in [0.29, 0.717) is 17.8 Å². The fourth-order valence-corrected chi connectivity index (χ4v) is 2.66. The van der Waals surface area contributed by atoms with E-state index in [2.05, 4.69) is 16.0 Å². The van der Waals surface area contributed by atoms with Gasteiger partial charge in [0.05, 0.1) is 12.7 Å². The first-order valence-corrected chi connectivity index (χ1v) is 7.00. The van der Waals surface area contributed by atoms with E-state index in [1.165, 1.54) is 7.11 Å². The molecule has 0 unspecified atom stereocenters. The van der Waals surface area contributed by atoms with Crippen molar-refractivity contribution in [1.82, 2.24) is 9.97 Å². The molecule has 3 rings (SSSR count). The lowest BCUT2D eigenvalue weighted by molar-refractivity contribution is 0.0603. The number of benzene rings is 1. The zero-order chi connectivity index (χ0) is 15.7. The number of esters is 1. The number of nitrogens with two attached hydrogens (primary N) is 1. The van der Waals surface area contributed by atoms with Gasteiger partial charge >= 0.3 is 5.97 Å². The smallest absolute Gasteiger partial charge is 0.340 e. The summed E-state index contributed by atoms with van der Waals surface area (Å²) >= 11 is 0. The molecule has 0 fully saturated rings. The fraction of sp³-hybridized carbons (Fsp3) is 0.176. The third-order valence-corrected chi connectivity index (χ3v) is 3.85. The maximum Gasteiger partial charge on any atom is 0.340 e. The molecule has 3 aromatic rings. The lowest BCUT2D eigenvalue weighted by Crippen LogP contribution is -2.01. The van der Waals surface area contributed by atoms with Gasteiger partial charge in [0.15, 0.2) is 0 Å². The van der Waals surface area contributed by atoms with Gasteiger partial charge in [0, 0.05) is 24.3 Å². The highest BCUT2D eigenvalue weighted by Crippen LogP contribution is 2.31. The molecule has 3 N–H and O–H groups in total. The van der Waals surface area contributed by atoms with E-state index in [0.717, 1.165) is 27.6 Å². The number of fused-ring (bicyclic) bond motifs is 1. The number of pyridine rings is 1. The van der Waals surface area contributed by atoms with E-state index in [9.17, 15) is 4.79 Å². The van der Waals surface area contributed by atoms with Crippen LogP contribution in [0.3, 0.4) is 0 Å². The lowest BCUT2D eigenvalue weighted by Gasteiger charge is -2.09. The number of methoxy groups -OCH3 is 1. The Hall–Kier alpha value is -2.66. The summed E-state index contributed by atoms with van der Waals surface area (Å²) in [5, 5.41) is 0.772. The van der Waals surface area contributed by atoms with E-state index < -0.39 is 0 Å². The van der Waals surface area contributed by atoms with Crippen LogP contribution in [0.25, 0.3) is 22.2 Å². The summed E-state index contributed by atoms with van der Waals surface area (Å²) in [4.78, 5) is 19.2. The quantitative estimate of drug-likeness (QED) is 0.728. The van der Waals surface area contributed by atoms with Gasteiger partial charge in [-0.1, -0.05) is 18.2 Å². The van der Waals surface area contributed by atoms with Crippen LogP contribution in [0, 0.1) is 6.92 Å². The van der Waals surface area contributed by atoms with Crippen molar-refractivity contribution < 1.29 is 9.53 Å². The molecule has 0 radical (unpaired) electrons. The van der Waals surface area contributed by atoms with Crippen LogP contribution < -0.4 is 5.73 Å². The molecule has 0 aliphatic carbocycles. The van der Waals surface area contributed by atoms with Crippen molar-refractivity contribution in [2.24, 2.45) is 5.73 Å². The van der Waals surface area contributed by atoms with E-state index in [1.807, 2.05) is 25.1 Å². The van der Waals surface area contributed by atoms with Crippen molar-refractivity contribution in [3.05, 3.63) is 53.3 Å². The zero-order valence-corrected chi connectivity index (χ0v) is 12.5. The minimum Gasteiger partial charge on any atom is -0.465 e. The number of ether oxygens (including phenoxy) is 1. The molecule has 5 nitrogen and oxygen atoms in total. The molecule has 0 bridgehead atoms. The summed E-state index contributed by atoms with van der Waals surface area (Å²) in [6.45, 7) is 2.54. The second kappa shape index (κ2) is 5.61. The maximum absolute atomic E-state index is 12.0. The second-order valence-electron chi connectivity index (χ2n) is 5.12. The summed E-state index contributed by atoms with van der Waals surface area (Å²) in [5.74, 6) is -0.379. The molecule has 0 saturated heterocycles. The summed E-state index contributed by atoms with van der Waals surface area (Å²) in [6, 6.07) is 8.00. The second-order valence-corrected chi connectivity index (χ2v) is 5.12. The van der Waals surface area contributed by atoms with Crippen LogP contribution in [0.1, 0.15) is 21.5 Å². The summed E-state index contributed by atoms with van der Waals surface area (Å²) in [7, 11) is 1.37. The number of aromatic amines is 1. The van der Waals surface area contributed by atoms with Crippen molar-refractivity contribution in [3.8, 4) is 11.1 Å². The number of aromatic nitrogens is 2.